The second-order valence-electron chi connectivity index (χ2n) is 9.08. The first kappa shape index (κ1) is 21.9. The summed E-state index contributed by atoms with van der Waals surface area (Å²) >= 11 is 0. The highest BCUT2D eigenvalue weighted by Crippen LogP contribution is 2.50. The molecule has 1 aliphatic carbocycles. The molecule has 1 N–H and O–H groups in total. The van der Waals surface area contributed by atoms with Gasteiger partial charge in [0.25, 0.3) is 0 Å². The van der Waals surface area contributed by atoms with Gasteiger partial charge in [-0.3, -0.25) is 14.5 Å². The Morgan fingerprint density at radius 2 is 1.84 bits per heavy atom. The first-order chi connectivity index (χ1) is 15.3. The van der Waals surface area contributed by atoms with Crippen molar-refractivity contribution in [2.75, 3.05) is 24.4 Å². The zero-order chi connectivity index (χ0) is 23.0. The van der Waals surface area contributed by atoms with Gasteiger partial charge in [-0.1, -0.05) is 45.0 Å². The molecule has 1 amide bonds. The molecule has 2 aliphatic rings. The van der Waals surface area contributed by atoms with E-state index in [9.17, 15) is 9.59 Å². The maximum atomic E-state index is 13.6. The van der Waals surface area contributed by atoms with Crippen molar-refractivity contribution < 1.29 is 19.1 Å². The van der Waals surface area contributed by atoms with Crippen LogP contribution in [0.25, 0.3) is 0 Å². The monoisotopic (exact) mass is 434 g/mol. The first-order valence-electron chi connectivity index (χ1n) is 11.0. The molecule has 0 saturated heterocycles. The van der Waals surface area contributed by atoms with E-state index in [4.69, 9.17) is 9.47 Å². The van der Waals surface area contributed by atoms with Gasteiger partial charge in [0.05, 0.1) is 31.6 Å². The SMILES string of the molecule is CCC(=O)N1c2ccccc2NC2=C(C(=O)CC(C)(C)C2)[C@H]1c1cccc(OC)c1OC. The van der Waals surface area contributed by atoms with Crippen molar-refractivity contribution in [2.24, 2.45) is 5.41 Å². The highest BCUT2D eigenvalue weighted by atomic mass is 16.5. The molecule has 6 heteroatoms. The number of rotatable bonds is 4. The summed E-state index contributed by atoms with van der Waals surface area (Å²) < 4.78 is 11.3. The maximum absolute atomic E-state index is 13.6. The Hall–Kier alpha value is -3.28. The molecule has 168 valence electrons. The van der Waals surface area contributed by atoms with Crippen LogP contribution >= 0.6 is 0 Å². The van der Waals surface area contributed by atoms with Crippen LogP contribution in [-0.2, 0) is 9.59 Å². The molecule has 0 fully saturated rings. The number of amides is 1. The molecular formula is C26H30N2O4. The molecule has 1 aliphatic heterocycles. The van der Waals surface area contributed by atoms with Crippen LogP contribution in [0, 0.1) is 5.41 Å². The largest absolute Gasteiger partial charge is 0.493 e. The number of anilines is 2. The van der Waals surface area contributed by atoms with E-state index in [1.165, 1.54) is 0 Å². The van der Waals surface area contributed by atoms with Crippen molar-refractivity contribution in [3.8, 4) is 11.5 Å². The van der Waals surface area contributed by atoms with Crippen LogP contribution in [-0.4, -0.2) is 25.9 Å². The van der Waals surface area contributed by atoms with Gasteiger partial charge in [0.2, 0.25) is 5.91 Å². The highest BCUT2D eigenvalue weighted by molar-refractivity contribution is 6.06. The lowest BCUT2D eigenvalue weighted by Crippen LogP contribution is -2.39. The van der Waals surface area contributed by atoms with Gasteiger partial charge in [0, 0.05) is 29.7 Å². The fraction of sp³-hybridized carbons (Fsp3) is 0.385. The summed E-state index contributed by atoms with van der Waals surface area (Å²) in [6, 6.07) is 12.7. The summed E-state index contributed by atoms with van der Waals surface area (Å²) in [7, 11) is 3.16. The second kappa shape index (κ2) is 8.34. The third kappa shape index (κ3) is 3.64. The maximum Gasteiger partial charge on any atom is 0.227 e. The van der Waals surface area contributed by atoms with Crippen molar-refractivity contribution in [1.82, 2.24) is 0 Å². The molecule has 6 nitrogen and oxygen atoms in total. The molecule has 1 atom stereocenters. The molecule has 0 spiro atoms. The van der Waals surface area contributed by atoms with Crippen LogP contribution in [0.1, 0.15) is 51.6 Å². The van der Waals surface area contributed by atoms with Gasteiger partial charge in [-0.05, 0) is 30.0 Å². The smallest absolute Gasteiger partial charge is 0.227 e. The standard InChI is InChI=1S/C26H30N2O4/c1-6-22(30)28-19-12-8-7-11-17(19)27-18-14-26(2,3)15-20(29)23(18)24(28)16-10-9-13-21(31-4)25(16)32-5/h7-13,24,27H,6,14-15H2,1-5H3/t24-/m1/s1. The van der Waals surface area contributed by atoms with Crippen molar-refractivity contribution in [3.05, 3.63) is 59.3 Å². The number of fused-ring (bicyclic) bond motifs is 1. The summed E-state index contributed by atoms with van der Waals surface area (Å²) in [6.07, 6.45) is 1.43. The molecule has 0 saturated carbocycles. The van der Waals surface area contributed by atoms with Gasteiger partial charge in [-0.15, -0.1) is 0 Å². The number of nitrogens with one attached hydrogen (secondary N) is 1. The number of methoxy groups -OCH3 is 2. The Bertz CT molecular complexity index is 1100. The molecule has 0 unspecified atom stereocenters. The Morgan fingerprint density at radius 1 is 1.09 bits per heavy atom. The number of allylic oxidation sites excluding steroid dienone is 1. The molecule has 4 rings (SSSR count). The van der Waals surface area contributed by atoms with Crippen molar-refractivity contribution in [3.63, 3.8) is 0 Å². The molecule has 2 aromatic rings. The van der Waals surface area contributed by atoms with E-state index in [1.54, 1.807) is 19.1 Å². The number of hydrogen-bond donors (Lipinski definition) is 1. The summed E-state index contributed by atoms with van der Waals surface area (Å²) in [5.74, 6) is 1.06. The van der Waals surface area contributed by atoms with Crippen LogP contribution in [0.15, 0.2) is 53.7 Å². The van der Waals surface area contributed by atoms with Gasteiger partial charge in [0.15, 0.2) is 17.3 Å². The van der Waals surface area contributed by atoms with Crippen LogP contribution in [0.3, 0.4) is 0 Å². The number of carbonyl (C=O) groups is 2. The number of benzene rings is 2. The topological polar surface area (TPSA) is 67.9 Å². The number of ketones is 1. The third-order valence-corrected chi connectivity index (χ3v) is 6.20. The minimum atomic E-state index is -0.623. The minimum absolute atomic E-state index is 0.0420. The minimum Gasteiger partial charge on any atom is -0.493 e. The number of nitrogens with zero attached hydrogens (tertiary/aromatic N) is 1. The Balaban J connectivity index is 2.07. The zero-order valence-electron chi connectivity index (χ0n) is 19.3. The van der Waals surface area contributed by atoms with Crippen molar-refractivity contribution in [2.45, 2.75) is 46.1 Å². The fourth-order valence-corrected chi connectivity index (χ4v) is 4.85. The van der Waals surface area contributed by atoms with Crippen molar-refractivity contribution in [1.29, 1.82) is 0 Å². The second-order valence-corrected chi connectivity index (χ2v) is 9.08. The molecule has 32 heavy (non-hydrogen) atoms. The average Bonchev–Trinajstić information content (AvgIpc) is 2.91. The van der Waals surface area contributed by atoms with Crippen LogP contribution in [0.4, 0.5) is 11.4 Å². The number of hydrogen-bond acceptors (Lipinski definition) is 5. The number of para-hydroxylation sites is 3. The number of carbonyl (C=O) groups excluding carboxylic acids is 2. The van der Waals surface area contributed by atoms with Gasteiger partial charge in [0.1, 0.15) is 0 Å². The lowest BCUT2D eigenvalue weighted by molar-refractivity contribution is -0.119. The van der Waals surface area contributed by atoms with Crippen LogP contribution in [0.5, 0.6) is 11.5 Å². The lowest BCUT2D eigenvalue weighted by Gasteiger charge is -2.37. The first-order valence-corrected chi connectivity index (χ1v) is 11.0. The van der Waals surface area contributed by atoms with E-state index in [0.717, 1.165) is 22.6 Å². The molecule has 1 heterocycles. The van der Waals surface area contributed by atoms with Gasteiger partial charge >= 0.3 is 0 Å². The molecule has 0 aromatic heterocycles. The van der Waals surface area contributed by atoms with E-state index < -0.39 is 6.04 Å². The van der Waals surface area contributed by atoms with Crippen LogP contribution < -0.4 is 19.7 Å². The summed E-state index contributed by atoms with van der Waals surface area (Å²) in [5.41, 5.74) is 3.60. The summed E-state index contributed by atoms with van der Waals surface area (Å²) in [4.78, 5) is 28.8. The van der Waals surface area contributed by atoms with E-state index in [2.05, 4.69) is 19.2 Å². The summed E-state index contributed by atoms with van der Waals surface area (Å²) in [5, 5.41) is 3.52. The van der Waals surface area contributed by atoms with E-state index in [1.807, 2.05) is 49.4 Å². The zero-order valence-corrected chi connectivity index (χ0v) is 19.3. The molecule has 0 radical (unpaired) electrons. The molecule has 0 bridgehead atoms. The van der Waals surface area contributed by atoms with E-state index >= 15 is 0 Å². The average molecular weight is 435 g/mol. The van der Waals surface area contributed by atoms with Gasteiger partial charge < -0.3 is 14.8 Å². The van der Waals surface area contributed by atoms with Gasteiger partial charge in [-0.25, -0.2) is 0 Å². The summed E-state index contributed by atoms with van der Waals surface area (Å²) in [6.45, 7) is 6.04. The van der Waals surface area contributed by atoms with Gasteiger partial charge in [-0.2, -0.15) is 0 Å². The molecular weight excluding hydrogens is 404 g/mol. The van der Waals surface area contributed by atoms with E-state index in [0.29, 0.717) is 36.3 Å². The fourth-order valence-electron chi connectivity index (χ4n) is 4.85. The highest BCUT2D eigenvalue weighted by Gasteiger charge is 2.44. The Morgan fingerprint density at radius 3 is 2.53 bits per heavy atom. The molecule has 2 aromatic carbocycles. The van der Waals surface area contributed by atoms with Crippen LogP contribution in [0.2, 0.25) is 0 Å². The van der Waals surface area contributed by atoms with Crippen molar-refractivity contribution >= 4 is 23.1 Å². The lowest BCUT2D eigenvalue weighted by atomic mass is 9.73. The normalized spacial score (nSPS) is 19.5. The Labute approximate surface area is 189 Å². The third-order valence-electron chi connectivity index (χ3n) is 6.20. The Kier molecular flexibility index (Phi) is 5.71. The van der Waals surface area contributed by atoms with E-state index in [-0.39, 0.29) is 17.1 Å². The number of Topliss-reactive ketones (excluding diaryl/α,β-unsaturated/α-hetero) is 1. The number of ether oxygens (including phenoxy) is 2. The predicted octanol–water partition coefficient (Wildman–Crippen LogP) is 5.26. The quantitative estimate of drug-likeness (QED) is 0.711. The predicted molar refractivity (Wildman–Crippen MR) is 125 cm³/mol.